The lowest BCUT2D eigenvalue weighted by atomic mass is 10.3. The van der Waals surface area contributed by atoms with Gasteiger partial charge in [0.25, 0.3) is 0 Å². The van der Waals surface area contributed by atoms with E-state index >= 15 is 0 Å². The van der Waals surface area contributed by atoms with E-state index in [9.17, 15) is 18.0 Å². The standard InChI is InChI=1S/C13H10F3NO3S/c14-13(15,16)20-9-3-1-8(2-4-9)17-7-10-5-6-11(21-10)12(18)19/h1-6,17H,7H2,(H,18,19). The molecule has 8 heteroatoms. The molecule has 2 aromatic rings. The topological polar surface area (TPSA) is 58.6 Å². The first-order chi connectivity index (χ1) is 9.83. The van der Waals surface area contributed by atoms with Crippen LogP contribution in [-0.4, -0.2) is 17.4 Å². The molecule has 1 aromatic heterocycles. The van der Waals surface area contributed by atoms with Crippen molar-refractivity contribution in [2.45, 2.75) is 12.9 Å². The van der Waals surface area contributed by atoms with Crippen LogP contribution in [0.1, 0.15) is 14.5 Å². The van der Waals surface area contributed by atoms with E-state index in [0.717, 1.165) is 16.2 Å². The van der Waals surface area contributed by atoms with Crippen molar-refractivity contribution in [2.75, 3.05) is 5.32 Å². The Kier molecular flexibility index (Phi) is 4.37. The summed E-state index contributed by atoms with van der Waals surface area (Å²) in [6.07, 6.45) is -4.71. The van der Waals surface area contributed by atoms with Crippen LogP contribution in [-0.2, 0) is 6.54 Å². The summed E-state index contributed by atoms with van der Waals surface area (Å²) >= 11 is 1.14. The van der Waals surface area contributed by atoms with Crippen molar-refractivity contribution in [1.29, 1.82) is 0 Å². The predicted octanol–water partition coefficient (Wildman–Crippen LogP) is 3.96. The number of hydrogen-bond acceptors (Lipinski definition) is 4. The number of aromatic carboxylic acids is 1. The minimum absolute atomic E-state index is 0.237. The number of ether oxygens (including phenoxy) is 1. The minimum Gasteiger partial charge on any atom is -0.477 e. The van der Waals surface area contributed by atoms with Gasteiger partial charge in [-0.05, 0) is 36.4 Å². The highest BCUT2D eigenvalue weighted by Crippen LogP contribution is 2.24. The second-order valence-corrected chi connectivity index (χ2v) is 5.17. The van der Waals surface area contributed by atoms with E-state index in [1.807, 2.05) is 0 Å². The van der Waals surface area contributed by atoms with Gasteiger partial charge in [0, 0.05) is 17.1 Å². The molecule has 0 spiro atoms. The van der Waals surface area contributed by atoms with Crippen LogP contribution in [0, 0.1) is 0 Å². The Hall–Kier alpha value is -2.22. The van der Waals surface area contributed by atoms with Gasteiger partial charge in [-0.25, -0.2) is 4.79 Å². The first kappa shape index (κ1) is 15.2. The molecule has 1 aromatic carbocycles. The molecule has 0 saturated heterocycles. The molecule has 0 aliphatic rings. The lowest BCUT2D eigenvalue weighted by Gasteiger charge is -2.10. The van der Waals surface area contributed by atoms with E-state index in [1.54, 1.807) is 6.07 Å². The van der Waals surface area contributed by atoms with Crippen LogP contribution >= 0.6 is 11.3 Å². The third-order valence-corrected chi connectivity index (χ3v) is 3.50. The third-order valence-electron chi connectivity index (χ3n) is 2.43. The summed E-state index contributed by atoms with van der Waals surface area (Å²) in [6.45, 7) is 0.386. The highest BCUT2D eigenvalue weighted by Gasteiger charge is 2.30. The average Bonchev–Trinajstić information content (AvgIpc) is 2.85. The van der Waals surface area contributed by atoms with Gasteiger partial charge in [-0.2, -0.15) is 0 Å². The maximum Gasteiger partial charge on any atom is 0.573 e. The second kappa shape index (κ2) is 6.04. The average molecular weight is 317 g/mol. The normalized spacial score (nSPS) is 11.2. The van der Waals surface area contributed by atoms with Gasteiger partial charge in [-0.3, -0.25) is 0 Å². The van der Waals surface area contributed by atoms with E-state index in [0.29, 0.717) is 12.2 Å². The van der Waals surface area contributed by atoms with Gasteiger partial charge in [0.15, 0.2) is 0 Å². The van der Waals surface area contributed by atoms with Crippen LogP contribution in [0.15, 0.2) is 36.4 Å². The Balaban J connectivity index is 1.92. The van der Waals surface area contributed by atoms with E-state index in [4.69, 9.17) is 5.11 Å². The number of benzene rings is 1. The maximum atomic E-state index is 12.0. The fraction of sp³-hybridized carbons (Fsp3) is 0.154. The number of anilines is 1. The van der Waals surface area contributed by atoms with Crippen molar-refractivity contribution in [2.24, 2.45) is 0 Å². The summed E-state index contributed by atoms with van der Waals surface area (Å²) in [5, 5.41) is 11.8. The molecule has 4 nitrogen and oxygen atoms in total. The number of carboxylic acids is 1. The molecule has 2 rings (SSSR count). The zero-order chi connectivity index (χ0) is 15.5. The molecule has 0 saturated carbocycles. The van der Waals surface area contributed by atoms with Crippen LogP contribution in [0.5, 0.6) is 5.75 Å². The molecular formula is C13H10F3NO3S. The fourth-order valence-corrected chi connectivity index (χ4v) is 2.34. The zero-order valence-electron chi connectivity index (χ0n) is 10.5. The van der Waals surface area contributed by atoms with Gasteiger partial charge in [0.2, 0.25) is 0 Å². The molecule has 0 aliphatic heterocycles. The Bertz CT molecular complexity index is 622. The Morgan fingerprint density at radius 1 is 1.19 bits per heavy atom. The summed E-state index contributed by atoms with van der Waals surface area (Å²) in [5.41, 5.74) is 0.606. The molecule has 2 N–H and O–H groups in total. The van der Waals surface area contributed by atoms with Gasteiger partial charge in [-0.15, -0.1) is 24.5 Å². The molecule has 21 heavy (non-hydrogen) atoms. The molecule has 1 heterocycles. The molecule has 0 fully saturated rings. The van der Waals surface area contributed by atoms with Gasteiger partial charge in [0.1, 0.15) is 10.6 Å². The number of alkyl halides is 3. The van der Waals surface area contributed by atoms with E-state index < -0.39 is 12.3 Å². The first-order valence-corrected chi connectivity index (χ1v) is 6.57. The van der Waals surface area contributed by atoms with Crippen molar-refractivity contribution in [1.82, 2.24) is 0 Å². The van der Waals surface area contributed by atoms with Crippen LogP contribution < -0.4 is 10.1 Å². The van der Waals surface area contributed by atoms with Crippen LogP contribution in [0.4, 0.5) is 18.9 Å². The number of rotatable bonds is 5. The van der Waals surface area contributed by atoms with Gasteiger partial charge >= 0.3 is 12.3 Å². The fourth-order valence-electron chi connectivity index (χ4n) is 1.55. The highest BCUT2D eigenvalue weighted by molar-refractivity contribution is 7.13. The largest absolute Gasteiger partial charge is 0.573 e. The number of halogens is 3. The number of hydrogen-bond donors (Lipinski definition) is 2. The second-order valence-electron chi connectivity index (χ2n) is 4.00. The number of thiophene rings is 1. The lowest BCUT2D eigenvalue weighted by Crippen LogP contribution is -2.17. The Morgan fingerprint density at radius 3 is 2.38 bits per heavy atom. The summed E-state index contributed by atoms with van der Waals surface area (Å²) < 4.78 is 39.7. The van der Waals surface area contributed by atoms with Gasteiger partial charge in [0.05, 0.1) is 0 Å². The molecule has 0 radical (unpaired) electrons. The maximum absolute atomic E-state index is 12.0. The molecule has 0 amide bonds. The minimum atomic E-state index is -4.71. The SMILES string of the molecule is O=C(O)c1ccc(CNc2ccc(OC(F)(F)F)cc2)s1. The van der Waals surface area contributed by atoms with Crippen LogP contribution in [0.3, 0.4) is 0 Å². The predicted molar refractivity (Wildman–Crippen MR) is 71.7 cm³/mol. The highest BCUT2D eigenvalue weighted by atomic mass is 32.1. The van der Waals surface area contributed by atoms with Gasteiger partial charge in [-0.1, -0.05) is 0 Å². The monoisotopic (exact) mass is 317 g/mol. The van der Waals surface area contributed by atoms with Crippen molar-refractivity contribution < 1.29 is 27.8 Å². The molecule has 112 valence electrons. The third kappa shape index (κ3) is 4.67. The number of carboxylic acid groups (broad SMARTS) is 1. The molecule has 0 atom stereocenters. The van der Waals surface area contributed by atoms with Gasteiger partial charge < -0.3 is 15.2 Å². The van der Waals surface area contributed by atoms with Crippen molar-refractivity contribution in [3.63, 3.8) is 0 Å². The number of nitrogens with one attached hydrogen (secondary N) is 1. The summed E-state index contributed by atoms with van der Waals surface area (Å²) in [4.78, 5) is 11.8. The summed E-state index contributed by atoms with van der Waals surface area (Å²) in [6, 6.07) is 8.49. The molecule has 0 bridgehead atoms. The Morgan fingerprint density at radius 2 is 1.86 bits per heavy atom. The molecular weight excluding hydrogens is 307 g/mol. The quantitative estimate of drug-likeness (QED) is 0.876. The van der Waals surface area contributed by atoms with Crippen LogP contribution in [0.2, 0.25) is 0 Å². The van der Waals surface area contributed by atoms with Crippen molar-refractivity contribution in [3.05, 3.63) is 46.2 Å². The van der Waals surface area contributed by atoms with Crippen molar-refractivity contribution >= 4 is 23.0 Å². The first-order valence-electron chi connectivity index (χ1n) is 5.75. The zero-order valence-corrected chi connectivity index (χ0v) is 11.3. The summed E-state index contributed by atoms with van der Waals surface area (Å²) in [5.74, 6) is -1.28. The van der Waals surface area contributed by atoms with E-state index in [2.05, 4.69) is 10.1 Å². The number of carbonyl (C=O) groups is 1. The molecule has 0 aliphatic carbocycles. The van der Waals surface area contributed by atoms with Crippen molar-refractivity contribution in [3.8, 4) is 5.75 Å². The van der Waals surface area contributed by atoms with E-state index in [-0.39, 0.29) is 10.6 Å². The lowest BCUT2D eigenvalue weighted by molar-refractivity contribution is -0.274. The van der Waals surface area contributed by atoms with Crippen LogP contribution in [0.25, 0.3) is 0 Å². The Labute approximate surface area is 121 Å². The van der Waals surface area contributed by atoms with E-state index in [1.165, 1.54) is 30.3 Å². The summed E-state index contributed by atoms with van der Waals surface area (Å²) in [7, 11) is 0. The molecule has 0 unspecified atom stereocenters. The smallest absolute Gasteiger partial charge is 0.477 e.